The van der Waals surface area contributed by atoms with Crippen LogP contribution in [0.25, 0.3) is 5.76 Å². The lowest BCUT2D eigenvalue weighted by Crippen LogP contribution is -2.31. The molecule has 1 fully saturated rings. The molecule has 0 aliphatic carbocycles. The first-order valence-electron chi connectivity index (χ1n) is 11.7. The van der Waals surface area contributed by atoms with Crippen molar-refractivity contribution in [2.24, 2.45) is 0 Å². The number of nitro benzene ring substituents is 1. The third-order valence-corrected chi connectivity index (χ3v) is 5.96. The zero-order chi connectivity index (χ0) is 25.9. The number of nitro groups is 1. The van der Waals surface area contributed by atoms with Gasteiger partial charge >= 0.3 is 0 Å². The number of aliphatic hydroxyl groups excluding tert-OH is 1. The van der Waals surface area contributed by atoms with Crippen LogP contribution in [-0.4, -0.2) is 45.9 Å². The molecule has 0 spiro atoms. The van der Waals surface area contributed by atoms with Gasteiger partial charge in [0.1, 0.15) is 5.76 Å². The lowest BCUT2D eigenvalue weighted by Gasteiger charge is -2.26. The zero-order valence-electron chi connectivity index (χ0n) is 20.8. The maximum Gasteiger partial charge on any atom is 0.295 e. The minimum atomic E-state index is -0.817. The highest BCUT2D eigenvalue weighted by molar-refractivity contribution is 6.46. The van der Waals surface area contributed by atoms with E-state index in [1.54, 1.807) is 0 Å². The Morgan fingerprint density at radius 2 is 1.80 bits per heavy atom. The standard InChI is InChI=1S/C27H32N2O6/c1-17(2)35-15-7-14-28-23(18-10-12-20(13-11-18)27(3,4)5)22(25(31)26(28)32)24(30)19-8-6-9-21(16-19)29(33)34/h6,8-13,16-17,23,30H,7,14-15H2,1-5H3/t23-/m1/s1. The lowest BCUT2D eigenvalue weighted by atomic mass is 9.85. The highest BCUT2D eigenvalue weighted by atomic mass is 16.6. The van der Waals surface area contributed by atoms with Crippen molar-refractivity contribution in [3.05, 3.63) is 80.9 Å². The second-order valence-electron chi connectivity index (χ2n) is 9.95. The lowest BCUT2D eigenvalue weighted by molar-refractivity contribution is -0.384. The Balaban J connectivity index is 2.09. The number of carbonyl (C=O) groups is 2. The van der Waals surface area contributed by atoms with E-state index in [-0.39, 0.29) is 34.9 Å². The van der Waals surface area contributed by atoms with Gasteiger partial charge in [-0.15, -0.1) is 0 Å². The number of Topliss-reactive ketones (excluding diaryl/α,β-unsaturated/α-hetero) is 1. The minimum absolute atomic E-state index is 0.0417. The fourth-order valence-electron chi connectivity index (χ4n) is 4.10. The summed E-state index contributed by atoms with van der Waals surface area (Å²) < 4.78 is 5.59. The molecule has 1 N–H and O–H groups in total. The number of likely N-dealkylation sites (tertiary alicyclic amines) is 1. The van der Waals surface area contributed by atoms with E-state index >= 15 is 0 Å². The van der Waals surface area contributed by atoms with E-state index in [1.165, 1.54) is 29.2 Å². The van der Waals surface area contributed by atoms with Gasteiger partial charge in [-0.25, -0.2) is 0 Å². The smallest absolute Gasteiger partial charge is 0.295 e. The van der Waals surface area contributed by atoms with Gasteiger partial charge in [-0.05, 0) is 36.8 Å². The van der Waals surface area contributed by atoms with Gasteiger partial charge in [0.15, 0.2) is 0 Å². The van der Waals surface area contributed by atoms with Gasteiger partial charge in [-0.2, -0.15) is 0 Å². The number of nitrogens with zero attached hydrogens (tertiary/aromatic N) is 2. The molecule has 1 heterocycles. The number of carbonyl (C=O) groups excluding carboxylic acids is 2. The van der Waals surface area contributed by atoms with Gasteiger partial charge in [0, 0.05) is 30.8 Å². The number of hydrogen-bond donors (Lipinski definition) is 1. The normalized spacial score (nSPS) is 17.9. The Labute approximate surface area is 205 Å². The van der Waals surface area contributed by atoms with Crippen LogP contribution in [0.3, 0.4) is 0 Å². The molecule has 1 aliphatic rings. The van der Waals surface area contributed by atoms with Gasteiger partial charge < -0.3 is 14.7 Å². The van der Waals surface area contributed by atoms with E-state index in [1.807, 2.05) is 38.1 Å². The molecule has 0 saturated carbocycles. The third kappa shape index (κ3) is 5.77. The van der Waals surface area contributed by atoms with Crippen LogP contribution in [0.5, 0.6) is 0 Å². The molecular weight excluding hydrogens is 448 g/mol. The molecule has 1 saturated heterocycles. The predicted octanol–water partition coefficient (Wildman–Crippen LogP) is 5.13. The van der Waals surface area contributed by atoms with Crippen LogP contribution in [0, 0.1) is 10.1 Å². The largest absolute Gasteiger partial charge is 0.507 e. The molecule has 3 rings (SSSR count). The van der Waals surface area contributed by atoms with Crippen LogP contribution in [0.1, 0.15) is 63.8 Å². The van der Waals surface area contributed by atoms with E-state index in [0.29, 0.717) is 18.6 Å². The van der Waals surface area contributed by atoms with E-state index in [4.69, 9.17) is 4.74 Å². The monoisotopic (exact) mass is 480 g/mol. The fraction of sp³-hybridized carbons (Fsp3) is 0.407. The van der Waals surface area contributed by atoms with Crippen LogP contribution >= 0.6 is 0 Å². The van der Waals surface area contributed by atoms with Gasteiger partial charge in [0.25, 0.3) is 17.4 Å². The Morgan fingerprint density at radius 3 is 2.37 bits per heavy atom. The summed E-state index contributed by atoms with van der Waals surface area (Å²) in [6.45, 7) is 10.8. The number of non-ortho nitro benzene ring substituents is 1. The molecule has 186 valence electrons. The number of benzene rings is 2. The molecule has 1 atom stereocenters. The van der Waals surface area contributed by atoms with Crippen molar-refractivity contribution in [2.45, 2.75) is 58.6 Å². The summed E-state index contributed by atoms with van der Waals surface area (Å²) in [6, 6.07) is 12.2. The maximum atomic E-state index is 13.1. The molecule has 0 radical (unpaired) electrons. The molecule has 0 bridgehead atoms. The molecule has 1 amide bonds. The summed E-state index contributed by atoms with van der Waals surface area (Å²) in [6.07, 6.45) is 0.554. The Kier molecular flexibility index (Phi) is 7.75. The van der Waals surface area contributed by atoms with Gasteiger partial charge in [-0.1, -0.05) is 57.2 Å². The highest BCUT2D eigenvalue weighted by Gasteiger charge is 2.46. The molecule has 8 nitrogen and oxygen atoms in total. The summed E-state index contributed by atoms with van der Waals surface area (Å²) in [5.41, 5.74) is 1.48. The van der Waals surface area contributed by atoms with Crippen molar-refractivity contribution in [3.63, 3.8) is 0 Å². The average molecular weight is 481 g/mol. The topological polar surface area (TPSA) is 110 Å². The number of ketones is 1. The molecule has 8 heteroatoms. The second kappa shape index (κ2) is 10.4. The zero-order valence-corrected chi connectivity index (χ0v) is 20.8. The van der Waals surface area contributed by atoms with Crippen molar-refractivity contribution in [1.82, 2.24) is 4.90 Å². The van der Waals surface area contributed by atoms with Crippen molar-refractivity contribution in [3.8, 4) is 0 Å². The predicted molar refractivity (Wildman–Crippen MR) is 133 cm³/mol. The van der Waals surface area contributed by atoms with Crippen molar-refractivity contribution < 1.29 is 24.4 Å². The van der Waals surface area contributed by atoms with Crippen LogP contribution in [0.4, 0.5) is 5.69 Å². The van der Waals surface area contributed by atoms with Crippen molar-refractivity contribution >= 4 is 23.1 Å². The Hall–Kier alpha value is -3.52. The quantitative estimate of drug-likeness (QED) is 0.140. The number of rotatable bonds is 8. The summed E-state index contributed by atoms with van der Waals surface area (Å²) in [4.78, 5) is 38.3. The SMILES string of the molecule is CC(C)OCCCN1C(=O)C(=O)C(=C(O)c2cccc([N+](=O)[O-])c2)[C@H]1c1ccc(C(C)(C)C)cc1. The number of aliphatic hydroxyl groups is 1. The van der Waals surface area contributed by atoms with Gasteiger partial charge in [0.05, 0.1) is 22.6 Å². The Morgan fingerprint density at radius 1 is 1.14 bits per heavy atom. The highest BCUT2D eigenvalue weighted by Crippen LogP contribution is 2.40. The second-order valence-corrected chi connectivity index (χ2v) is 9.95. The molecule has 0 unspecified atom stereocenters. The van der Waals surface area contributed by atoms with Crippen molar-refractivity contribution in [2.75, 3.05) is 13.2 Å². The molecule has 35 heavy (non-hydrogen) atoms. The average Bonchev–Trinajstić information content (AvgIpc) is 3.05. The van der Waals surface area contributed by atoms with E-state index in [0.717, 1.165) is 5.56 Å². The molecule has 1 aliphatic heterocycles. The van der Waals surface area contributed by atoms with Crippen molar-refractivity contribution in [1.29, 1.82) is 0 Å². The van der Waals surface area contributed by atoms with E-state index in [2.05, 4.69) is 20.8 Å². The number of ether oxygens (including phenoxy) is 1. The van der Waals surface area contributed by atoms with Crippen LogP contribution in [0.15, 0.2) is 54.1 Å². The summed E-state index contributed by atoms with van der Waals surface area (Å²) in [5, 5.41) is 22.4. The minimum Gasteiger partial charge on any atom is -0.507 e. The fourth-order valence-corrected chi connectivity index (χ4v) is 4.10. The third-order valence-electron chi connectivity index (χ3n) is 5.96. The molecule has 0 aromatic heterocycles. The van der Waals surface area contributed by atoms with Crippen LogP contribution in [0.2, 0.25) is 0 Å². The first kappa shape index (κ1) is 26.1. The molecular formula is C27H32N2O6. The van der Waals surface area contributed by atoms with Crippen LogP contribution in [-0.2, 0) is 19.7 Å². The van der Waals surface area contributed by atoms with Gasteiger partial charge in [0.2, 0.25) is 0 Å². The summed E-state index contributed by atoms with van der Waals surface area (Å²) >= 11 is 0. The Bertz CT molecular complexity index is 1150. The summed E-state index contributed by atoms with van der Waals surface area (Å²) in [7, 11) is 0. The van der Waals surface area contributed by atoms with Gasteiger partial charge in [-0.3, -0.25) is 19.7 Å². The van der Waals surface area contributed by atoms with Crippen LogP contribution < -0.4 is 0 Å². The first-order chi connectivity index (χ1) is 16.4. The first-order valence-corrected chi connectivity index (χ1v) is 11.7. The molecule has 2 aromatic carbocycles. The number of hydrogen-bond acceptors (Lipinski definition) is 6. The maximum absolute atomic E-state index is 13.1. The summed E-state index contributed by atoms with van der Waals surface area (Å²) in [5.74, 6) is -1.96. The van der Waals surface area contributed by atoms with E-state index < -0.39 is 28.4 Å². The molecule has 2 aromatic rings. The van der Waals surface area contributed by atoms with E-state index in [9.17, 15) is 24.8 Å². The number of amides is 1.